The van der Waals surface area contributed by atoms with Gasteiger partial charge in [0.1, 0.15) is 11.5 Å². The van der Waals surface area contributed by atoms with E-state index in [0.717, 1.165) is 18.2 Å². The molecule has 2 rings (SSSR count). The Kier molecular flexibility index (Phi) is 3.28. The van der Waals surface area contributed by atoms with Crippen LogP contribution in [0.4, 0.5) is 18.9 Å². The third-order valence-corrected chi connectivity index (χ3v) is 2.61. The van der Waals surface area contributed by atoms with Crippen LogP contribution in [0.5, 0.6) is 11.5 Å². The second-order valence-corrected chi connectivity index (χ2v) is 4.12. The van der Waals surface area contributed by atoms with E-state index >= 15 is 0 Å². The lowest BCUT2D eigenvalue weighted by Gasteiger charge is -2.11. The highest BCUT2D eigenvalue weighted by Crippen LogP contribution is 2.37. The number of nitrogens with zero attached hydrogens (tertiary/aromatic N) is 1. The quantitative estimate of drug-likeness (QED) is 0.763. The first-order valence-corrected chi connectivity index (χ1v) is 5.43. The number of rotatable bonds is 1. The number of halogens is 3. The Bertz CT molecular complexity index is 682. The summed E-state index contributed by atoms with van der Waals surface area (Å²) in [6.45, 7) is 6.85. The van der Waals surface area contributed by atoms with Crippen molar-refractivity contribution in [2.45, 2.75) is 6.18 Å². The van der Waals surface area contributed by atoms with Crippen molar-refractivity contribution in [1.29, 1.82) is 0 Å². The fourth-order valence-corrected chi connectivity index (χ4v) is 1.77. The van der Waals surface area contributed by atoms with Crippen molar-refractivity contribution in [2.75, 3.05) is 0 Å². The summed E-state index contributed by atoms with van der Waals surface area (Å²) in [5.41, 5.74) is -0.836. The van der Waals surface area contributed by atoms with E-state index in [2.05, 4.69) is 4.85 Å². The van der Waals surface area contributed by atoms with Gasteiger partial charge in [0.25, 0.3) is 0 Å². The Labute approximate surface area is 112 Å². The smallest absolute Gasteiger partial charge is 0.415 e. The van der Waals surface area contributed by atoms with Crippen molar-refractivity contribution in [3.8, 4) is 22.6 Å². The first-order chi connectivity index (χ1) is 9.29. The summed E-state index contributed by atoms with van der Waals surface area (Å²) in [5, 5.41) is 18.7. The maximum atomic E-state index is 12.8. The zero-order chi connectivity index (χ0) is 14.9. The van der Waals surface area contributed by atoms with Crippen LogP contribution in [0, 0.1) is 6.57 Å². The molecule has 0 saturated carbocycles. The Morgan fingerprint density at radius 2 is 1.40 bits per heavy atom. The molecule has 0 bridgehead atoms. The number of benzene rings is 2. The predicted octanol–water partition coefficient (Wildman–Crippen LogP) is 4.33. The summed E-state index contributed by atoms with van der Waals surface area (Å²) < 4.78 is 38.3. The van der Waals surface area contributed by atoms with E-state index in [-0.39, 0.29) is 28.3 Å². The van der Waals surface area contributed by atoms with E-state index in [0.29, 0.717) is 0 Å². The molecule has 0 spiro atoms. The number of hydrogen-bond acceptors (Lipinski definition) is 2. The van der Waals surface area contributed by atoms with Crippen LogP contribution < -0.4 is 0 Å². The molecule has 0 aliphatic rings. The van der Waals surface area contributed by atoms with Crippen molar-refractivity contribution in [1.82, 2.24) is 0 Å². The minimum absolute atomic E-state index is 0.0945. The van der Waals surface area contributed by atoms with Crippen molar-refractivity contribution in [2.24, 2.45) is 0 Å². The number of phenolic OH excluding ortho intramolecular Hbond substituents is 2. The predicted molar refractivity (Wildman–Crippen MR) is 66.5 cm³/mol. The Hall–Kier alpha value is -2.68. The van der Waals surface area contributed by atoms with Crippen molar-refractivity contribution in [3.05, 3.63) is 53.4 Å². The molecular weight excluding hydrogens is 271 g/mol. The first-order valence-electron chi connectivity index (χ1n) is 5.43. The molecule has 102 valence electrons. The number of hydrogen-bond donors (Lipinski definition) is 2. The van der Waals surface area contributed by atoms with Gasteiger partial charge in [-0.1, -0.05) is 0 Å². The highest BCUT2D eigenvalue weighted by molar-refractivity contribution is 5.72. The third kappa shape index (κ3) is 2.83. The second kappa shape index (κ2) is 4.78. The molecule has 2 aromatic carbocycles. The maximum Gasteiger partial charge on any atom is 0.415 e. The van der Waals surface area contributed by atoms with Gasteiger partial charge >= 0.3 is 6.18 Å². The number of aromatic hydroxyl groups is 2. The molecule has 20 heavy (non-hydrogen) atoms. The van der Waals surface area contributed by atoms with Crippen LogP contribution in [0.1, 0.15) is 5.56 Å². The van der Waals surface area contributed by atoms with Gasteiger partial charge in [0.05, 0.1) is 6.57 Å². The molecule has 0 aliphatic carbocycles. The Morgan fingerprint density at radius 3 is 1.90 bits per heavy atom. The van der Waals surface area contributed by atoms with E-state index < -0.39 is 11.7 Å². The average Bonchev–Trinajstić information content (AvgIpc) is 2.36. The summed E-state index contributed by atoms with van der Waals surface area (Å²) in [7, 11) is 0. The van der Waals surface area contributed by atoms with Crippen molar-refractivity contribution < 1.29 is 23.4 Å². The molecule has 0 heterocycles. The van der Waals surface area contributed by atoms with Gasteiger partial charge in [0.15, 0.2) is 5.69 Å². The van der Waals surface area contributed by atoms with Gasteiger partial charge in [-0.3, -0.25) is 0 Å². The molecular formula is C14H8F3NO2. The van der Waals surface area contributed by atoms with Gasteiger partial charge in [-0.15, -0.1) is 0 Å². The molecule has 0 radical (unpaired) electrons. The van der Waals surface area contributed by atoms with Gasteiger partial charge in [-0.2, -0.15) is 13.2 Å². The van der Waals surface area contributed by atoms with Crippen LogP contribution in [0.15, 0.2) is 36.4 Å². The second-order valence-electron chi connectivity index (χ2n) is 4.12. The molecule has 2 N–H and O–H groups in total. The summed E-state index contributed by atoms with van der Waals surface area (Å²) in [6, 6.07) is 6.36. The summed E-state index contributed by atoms with van der Waals surface area (Å²) in [5.74, 6) is -0.552. The SMILES string of the molecule is [C-]#[N+]c1cc(-c2cc(O)cc(O)c2)cc(C(F)(F)F)c1. The molecule has 0 aromatic heterocycles. The zero-order valence-electron chi connectivity index (χ0n) is 9.94. The van der Waals surface area contributed by atoms with Crippen molar-refractivity contribution >= 4 is 5.69 Å². The van der Waals surface area contributed by atoms with Crippen molar-refractivity contribution in [3.63, 3.8) is 0 Å². The molecule has 0 unspecified atom stereocenters. The monoisotopic (exact) mass is 279 g/mol. The highest BCUT2D eigenvalue weighted by Gasteiger charge is 2.31. The zero-order valence-corrected chi connectivity index (χ0v) is 9.94. The van der Waals surface area contributed by atoms with Crippen LogP contribution in [0.25, 0.3) is 16.0 Å². The van der Waals surface area contributed by atoms with E-state index in [1.807, 2.05) is 0 Å². The minimum Gasteiger partial charge on any atom is -0.508 e. The Morgan fingerprint density at radius 1 is 0.850 bits per heavy atom. The van der Waals surface area contributed by atoms with Gasteiger partial charge in [-0.25, -0.2) is 4.85 Å². The molecule has 0 atom stereocenters. The lowest BCUT2D eigenvalue weighted by molar-refractivity contribution is -0.137. The maximum absolute atomic E-state index is 12.8. The van der Waals surface area contributed by atoms with Gasteiger partial charge in [0, 0.05) is 11.6 Å². The molecule has 3 nitrogen and oxygen atoms in total. The summed E-state index contributed by atoms with van der Waals surface area (Å²) >= 11 is 0. The first kappa shape index (κ1) is 13.7. The normalized spacial score (nSPS) is 11.1. The van der Waals surface area contributed by atoms with E-state index in [4.69, 9.17) is 6.57 Å². The minimum atomic E-state index is -4.58. The van der Waals surface area contributed by atoms with Crippen LogP contribution in [-0.2, 0) is 6.18 Å². The van der Waals surface area contributed by atoms with E-state index in [1.54, 1.807) is 0 Å². The molecule has 2 aromatic rings. The fraction of sp³-hybridized carbons (Fsp3) is 0.0714. The van der Waals surface area contributed by atoms with E-state index in [1.165, 1.54) is 18.2 Å². The topological polar surface area (TPSA) is 44.8 Å². The van der Waals surface area contributed by atoms with Crippen LogP contribution in [0.3, 0.4) is 0 Å². The molecule has 0 fully saturated rings. The molecule has 0 saturated heterocycles. The standard InChI is InChI=1S/C14H8F3NO2/c1-18-11-3-8(2-10(6-11)14(15,16)17)9-4-12(19)7-13(20)5-9/h2-7,19-20H. The van der Waals surface area contributed by atoms with Gasteiger partial charge < -0.3 is 10.2 Å². The van der Waals surface area contributed by atoms with E-state index in [9.17, 15) is 23.4 Å². The molecule has 0 amide bonds. The average molecular weight is 279 g/mol. The number of alkyl halides is 3. The van der Waals surface area contributed by atoms with Crippen LogP contribution in [0.2, 0.25) is 0 Å². The molecule has 6 heteroatoms. The van der Waals surface area contributed by atoms with Crippen LogP contribution >= 0.6 is 0 Å². The lowest BCUT2D eigenvalue weighted by atomic mass is 10.0. The Balaban J connectivity index is 2.65. The summed E-state index contributed by atoms with van der Waals surface area (Å²) in [4.78, 5) is 3.00. The fourth-order valence-electron chi connectivity index (χ4n) is 1.77. The molecule has 0 aliphatic heterocycles. The summed E-state index contributed by atoms with van der Waals surface area (Å²) in [6.07, 6.45) is -4.58. The highest BCUT2D eigenvalue weighted by atomic mass is 19.4. The largest absolute Gasteiger partial charge is 0.508 e. The lowest BCUT2D eigenvalue weighted by Crippen LogP contribution is -2.04. The number of phenols is 2. The third-order valence-electron chi connectivity index (χ3n) is 2.61. The van der Waals surface area contributed by atoms with Gasteiger partial charge in [0.2, 0.25) is 0 Å². The van der Waals surface area contributed by atoms with Gasteiger partial charge in [-0.05, 0) is 41.5 Å². The van der Waals surface area contributed by atoms with Crippen LogP contribution in [-0.4, -0.2) is 10.2 Å².